The number of anilines is 1. The van der Waals surface area contributed by atoms with Crippen molar-refractivity contribution in [3.63, 3.8) is 0 Å². The van der Waals surface area contributed by atoms with Crippen LogP contribution in [0.3, 0.4) is 0 Å². The Morgan fingerprint density at radius 2 is 1.75 bits per heavy atom. The maximum Gasteiger partial charge on any atom is 0.313 e. The third-order valence-electron chi connectivity index (χ3n) is 3.40. The highest BCUT2D eigenvalue weighted by atomic mass is 35.5. The predicted octanol–water partition coefficient (Wildman–Crippen LogP) is 3.42. The molecule has 0 saturated heterocycles. The Hall–Kier alpha value is -2.11. The molecule has 0 saturated carbocycles. The van der Waals surface area contributed by atoms with Crippen LogP contribution in [-0.4, -0.2) is 34.8 Å². The van der Waals surface area contributed by atoms with Crippen LogP contribution in [-0.2, 0) is 16.0 Å². The van der Waals surface area contributed by atoms with E-state index in [0.717, 1.165) is 5.56 Å². The zero-order valence-corrected chi connectivity index (χ0v) is 14.6. The number of rotatable bonds is 5. The summed E-state index contributed by atoms with van der Waals surface area (Å²) in [5.41, 5.74) is 1.44. The van der Waals surface area contributed by atoms with Crippen molar-refractivity contribution in [2.75, 3.05) is 18.4 Å². The number of aromatic nitrogens is 1. The van der Waals surface area contributed by atoms with E-state index in [-0.39, 0.29) is 0 Å². The molecule has 1 heterocycles. The Bertz CT molecular complexity index is 703. The number of nitrogens with one attached hydrogen (secondary N) is 1. The van der Waals surface area contributed by atoms with Crippen LogP contribution < -0.4 is 5.32 Å². The summed E-state index contributed by atoms with van der Waals surface area (Å²) < 4.78 is 0. The highest BCUT2D eigenvalue weighted by Crippen LogP contribution is 2.22. The summed E-state index contributed by atoms with van der Waals surface area (Å²) in [4.78, 5) is 29.9. The van der Waals surface area contributed by atoms with E-state index < -0.39 is 11.8 Å². The molecule has 0 aliphatic heterocycles. The van der Waals surface area contributed by atoms with Gasteiger partial charge in [0.05, 0.1) is 0 Å². The number of amides is 2. The van der Waals surface area contributed by atoms with Crippen LogP contribution in [0.4, 0.5) is 5.69 Å². The lowest BCUT2D eigenvalue weighted by molar-refractivity contribution is -0.143. The van der Waals surface area contributed by atoms with Gasteiger partial charge in [0, 0.05) is 41.2 Å². The molecule has 7 heteroatoms. The highest BCUT2D eigenvalue weighted by Gasteiger charge is 2.20. The van der Waals surface area contributed by atoms with Gasteiger partial charge in [-0.25, -0.2) is 0 Å². The number of carbonyl (C=O) groups excluding carboxylic acids is 2. The summed E-state index contributed by atoms with van der Waals surface area (Å²) in [5.74, 6) is -1.31. The van der Waals surface area contributed by atoms with Gasteiger partial charge in [0.2, 0.25) is 0 Å². The molecule has 24 heavy (non-hydrogen) atoms. The van der Waals surface area contributed by atoms with Gasteiger partial charge in [-0.1, -0.05) is 23.2 Å². The Morgan fingerprint density at radius 1 is 1.12 bits per heavy atom. The third-order valence-corrected chi connectivity index (χ3v) is 3.84. The molecule has 0 aliphatic rings. The minimum absolute atomic E-state index is 0.385. The Balaban J connectivity index is 1.97. The van der Waals surface area contributed by atoms with Crippen LogP contribution in [0.1, 0.15) is 12.5 Å². The second kappa shape index (κ2) is 8.66. The van der Waals surface area contributed by atoms with E-state index in [1.165, 1.54) is 17.0 Å². The third kappa shape index (κ3) is 5.22. The number of benzene rings is 1. The summed E-state index contributed by atoms with van der Waals surface area (Å²) in [6, 6.07) is 8.38. The Kier molecular flexibility index (Phi) is 6.58. The molecule has 2 aromatic rings. The van der Waals surface area contributed by atoms with Gasteiger partial charge in [0.25, 0.3) is 0 Å². The highest BCUT2D eigenvalue weighted by molar-refractivity contribution is 6.40. The van der Waals surface area contributed by atoms with Crippen LogP contribution in [0.25, 0.3) is 0 Å². The van der Waals surface area contributed by atoms with Crippen LogP contribution in [0, 0.1) is 0 Å². The van der Waals surface area contributed by atoms with Gasteiger partial charge >= 0.3 is 11.8 Å². The number of halogens is 2. The summed E-state index contributed by atoms with van der Waals surface area (Å²) in [6.45, 7) is 2.71. The van der Waals surface area contributed by atoms with Crippen molar-refractivity contribution in [3.05, 3.63) is 58.3 Å². The zero-order valence-electron chi connectivity index (χ0n) is 13.1. The second-order valence-corrected chi connectivity index (χ2v) is 5.98. The number of hydrogen-bond donors (Lipinski definition) is 1. The quantitative estimate of drug-likeness (QED) is 0.825. The van der Waals surface area contributed by atoms with Crippen molar-refractivity contribution in [2.24, 2.45) is 0 Å². The topological polar surface area (TPSA) is 62.3 Å². The van der Waals surface area contributed by atoms with E-state index >= 15 is 0 Å². The second-order valence-electron chi connectivity index (χ2n) is 5.10. The zero-order chi connectivity index (χ0) is 17.5. The van der Waals surface area contributed by atoms with Crippen molar-refractivity contribution in [2.45, 2.75) is 13.3 Å². The summed E-state index contributed by atoms with van der Waals surface area (Å²) >= 11 is 11.8. The molecule has 2 amide bonds. The monoisotopic (exact) mass is 365 g/mol. The number of carbonyl (C=O) groups is 2. The molecule has 1 aromatic carbocycles. The molecular formula is C17H17Cl2N3O2. The van der Waals surface area contributed by atoms with Crippen molar-refractivity contribution in [1.82, 2.24) is 9.88 Å². The average molecular weight is 366 g/mol. The summed E-state index contributed by atoms with van der Waals surface area (Å²) in [5, 5.41) is 3.30. The molecule has 0 fully saturated rings. The Morgan fingerprint density at radius 3 is 2.33 bits per heavy atom. The minimum Gasteiger partial charge on any atom is -0.334 e. The number of nitrogens with zero attached hydrogens (tertiary/aromatic N) is 2. The van der Waals surface area contributed by atoms with Crippen molar-refractivity contribution in [3.8, 4) is 0 Å². The van der Waals surface area contributed by atoms with Gasteiger partial charge in [-0.3, -0.25) is 14.6 Å². The van der Waals surface area contributed by atoms with E-state index in [2.05, 4.69) is 10.3 Å². The fourth-order valence-electron chi connectivity index (χ4n) is 2.17. The van der Waals surface area contributed by atoms with Crippen LogP contribution in [0.2, 0.25) is 10.0 Å². The molecule has 5 nitrogen and oxygen atoms in total. The molecule has 0 unspecified atom stereocenters. The lowest BCUT2D eigenvalue weighted by Gasteiger charge is -2.20. The maximum absolute atomic E-state index is 12.3. The van der Waals surface area contributed by atoms with Gasteiger partial charge in [0.15, 0.2) is 0 Å². The van der Waals surface area contributed by atoms with E-state index in [9.17, 15) is 9.59 Å². The predicted molar refractivity (Wildman–Crippen MR) is 95.3 cm³/mol. The van der Waals surface area contributed by atoms with Crippen molar-refractivity contribution >= 4 is 40.7 Å². The first kappa shape index (κ1) is 18.2. The van der Waals surface area contributed by atoms with E-state index in [0.29, 0.717) is 35.2 Å². The molecular weight excluding hydrogens is 349 g/mol. The SMILES string of the molecule is CCN(CCc1ccncc1)C(=O)C(=O)Nc1cc(Cl)cc(Cl)c1. The van der Waals surface area contributed by atoms with E-state index in [1.54, 1.807) is 18.5 Å². The van der Waals surface area contributed by atoms with E-state index in [4.69, 9.17) is 23.2 Å². The molecule has 0 aliphatic carbocycles. The van der Waals surface area contributed by atoms with Crippen LogP contribution in [0.15, 0.2) is 42.7 Å². The maximum atomic E-state index is 12.3. The normalized spacial score (nSPS) is 10.3. The van der Waals surface area contributed by atoms with Crippen LogP contribution >= 0.6 is 23.2 Å². The Labute approximate surface area is 150 Å². The lowest BCUT2D eigenvalue weighted by atomic mass is 10.2. The van der Waals surface area contributed by atoms with Crippen molar-refractivity contribution < 1.29 is 9.59 Å². The van der Waals surface area contributed by atoms with Gasteiger partial charge in [-0.05, 0) is 49.2 Å². The number of pyridine rings is 1. The first-order chi connectivity index (χ1) is 11.5. The summed E-state index contributed by atoms with van der Waals surface area (Å²) in [7, 11) is 0. The van der Waals surface area contributed by atoms with Crippen LogP contribution in [0.5, 0.6) is 0 Å². The number of likely N-dealkylation sites (N-methyl/N-ethyl adjacent to an activating group) is 1. The molecule has 1 N–H and O–H groups in total. The first-order valence-corrected chi connectivity index (χ1v) is 8.20. The standard InChI is InChI=1S/C17H17Cl2N3O2/c1-2-22(8-5-12-3-6-20-7-4-12)17(24)16(23)21-15-10-13(18)9-14(19)11-15/h3-4,6-7,9-11H,2,5,8H2,1H3,(H,21,23). The van der Waals surface area contributed by atoms with Gasteiger partial charge in [-0.15, -0.1) is 0 Å². The van der Waals surface area contributed by atoms with Gasteiger partial charge < -0.3 is 10.2 Å². The smallest absolute Gasteiger partial charge is 0.313 e. The molecule has 0 atom stereocenters. The number of hydrogen-bond acceptors (Lipinski definition) is 3. The van der Waals surface area contributed by atoms with Gasteiger partial charge in [-0.2, -0.15) is 0 Å². The molecule has 0 radical (unpaired) electrons. The van der Waals surface area contributed by atoms with E-state index in [1.807, 2.05) is 19.1 Å². The molecule has 2 rings (SSSR count). The molecule has 126 valence electrons. The molecule has 0 spiro atoms. The fraction of sp³-hybridized carbons (Fsp3) is 0.235. The average Bonchev–Trinajstić information content (AvgIpc) is 2.55. The first-order valence-electron chi connectivity index (χ1n) is 7.45. The largest absolute Gasteiger partial charge is 0.334 e. The minimum atomic E-state index is -0.718. The summed E-state index contributed by atoms with van der Waals surface area (Å²) in [6.07, 6.45) is 4.05. The molecule has 1 aromatic heterocycles. The molecule has 0 bridgehead atoms. The van der Waals surface area contributed by atoms with Crippen molar-refractivity contribution in [1.29, 1.82) is 0 Å². The lowest BCUT2D eigenvalue weighted by Crippen LogP contribution is -2.40. The van der Waals surface area contributed by atoms with Gasteiger partial charge in [0.1, 0.15) is 0 Å². The fourth-order valence-corrected chi connectivity index (χ4v) is 2.70.